The number of halogens is 7. The summed E-state index contributed by atoms with van der Waals surface area (Å²) in [7, 11) is 0. The fourth-order valence-electron chi connectivity index (χ4n) is 4.09. The summed E-state index contributed by atoms with van der Waals surface area (Å²) in [5.74, 6) is -3.41. The van der Waals surface area contributed by atoms with Gasteiger partial charge in [-0.1, -0.05) is 24.3 Å². The van der Waals surface area contributed by atoms with Crippen molar-refractivity contribution in [3.05, 3.63) is 104 Å². The van der Waals surface area contributed by atoms with E-state index in [1.165, 1.54) is 12.1 Å². The number of benzene rings is 3. The molecule has 0 aliphatic rings. The Hall–Kier alpha value is -3.31. The Morgan fingerprint density at radius 3 is 2.32 bits per heavy atom. The van der Waals surface area contributed by atoms with Crippen LogP contribution in [0.15, 0.2) is 70.5 Å². The molecular weight excluding hydrogens is 580 g/mol. The molecule has 0 saturated heterocycles. The Balaban J connectivity index is 1.63. The maximum Gasteiger partial charge on any atom is 0.418 e. The maximum atomic E-state index is 14.5. The van der Waals surface area contributed by atoms with E-state index < -0.39 is 41.3 Å². The van der Waals surface area contributed by atoms with Crippen LogP contribution in [0.5, 0.6) is 0 Å². The maximum absolute atomic E-state index is 14.5. The number of rotatable bonds is 6. The number of thiophene rings is 1. The van der Waals surface area contributed by atoms with Crippen LogP contribution in [0, 0.1) is 17.5 Å². The molecule has 37 heavy (non-hydrogen) atoms. The van der Waals surface area contributed by atoms with Gasteiger partial charge in [0.25, 0.3) is 0 Å². The predicted molar refractivity (Wildman–Crippen MR) is 135 cm³/mol. The lowest BCUT2D eigenvalue weighted by molar-refractivity contribution is -0.136. The Kier molecular flexibility index (Phi) is 6.76. The van der Waals surface area contributed by atoms with E-state index in [4.69, 9.17) is 0 Å². The third-order valence-corrected chi connectivity index (χ3v) is 7.34. The van der Waals surface area contributed by atoms with Crippen molar-refractivity contribution in [2.45, 2.75) is 19.3 Å². The lowest BCUT2D eigenvalue weighted by atomic mass is 10.0. The van der Waals surface area contributed by atoms with Crippen molar-refractivity contribution in [3.8, 4) is 11.3 Å². The summed E-state index contributed by atoms with van der Waals surface area (Å²) in [6.07, 6.45) is -4.69. The number of hydrogen-bond donors (Lipinski definition) is 1. The van der Waals surface area contributed by atoms with Gasteiger partial charge in [-0.2, -0.15) is 18.3 Å². The first-order chi connectivity index (χ1) is 17.6. The van der Waals surface area contributed by atoms with E-state index in [1.807, 2.05) is 12.1 Å². The topological polar surface area (TPSA) is 29.9 Å². The monoisotopic (exact) mass is 595 g/mol. The molecule has 3 aromatic carbocycles. The first kappa shape index (κ1) is 25.3. The van der Waals surface area contributed by atoms with E-state index in [0.29, 0.717) is 29.9 Å². The van der Waals surface area contributed by atoms with Crippen LogP contribution in [0.1, 0.15) is 16.0 Å². The molecule has 0 spiro atoms. The van der Waals surface area contributed by atoms with Crippen molar-refractivity contribution >= 4 is 43.9 Å². The highest BCUT2D eigenvalue weighted by molar-refractivity contribution is 9.11. The van der Waals surface area contributed by atoms with Gasteiger partial charge in [-0.05, 0) is 46.3 Å². The quantitative estimate of drug-likeness (QED) is 0.199. The number of fused-ring (bicyclic) bond motifs is 1. The first-order valence-electron chi connectivity index (χ1n) is 10.9. The van der Waals surface area contributed by atoms with Gasteiger partial charge in [0, 0.05) is 45.8 Å². The minimum Gasteiger partial charge on any atom is -0.380 e. The summed E-state index contributed by atoms with van der Waals surface area (Å²) in [5.41, 5.74) is -0.415. The smallest absolute Gasteiger partial charge is 0.380 e. The van der Waals surface area contributed by atoms with Crippen LogP contribution < -0.4 is 5.32 Å². The van der Waals surface area contributed by atoms with Crippen molar-refractivity contribution in [1.29, 1.82) is 0 Å². The van der Waals surface area contributed by atoms with Gasteiger partial charge in [0.05, 0.1) is 21.6 Å². The van der Waals surface area contributed by atoms with Crippen molar-refractivity contribution < 1.29 is 26.3 Å². The van der Waals surface area contributed by atoms with Crippen LogP contribution in [0.25, 0.3) is 22.2 Å². The van der Waals surface area contributed by atoms with Gasteiger partial charge in [0.1, 0.15) is 23.0 Å². The van der Waals surface area contributed by atoms with Gasteiger partial charge in [-0.25, -0.2) is 13.2 Å². The van der Waals surface area contributed by atoms with Crippen LogP contribution >= 0.6 is 27.3 Å². The second-order valence-electron chi connectivity index (χ2n) is 8.19. The molecule has 0 unspecified atom stereocenters. The number of nitrogens with zero attached hydrogens (tertiary/aromatic N) is 2. The molecule has 1 N–H and O–H groups in total. The van der Waals surface area contributed by atoms with Crippen LogP contribution in [0.3, 0.4) is 0 Å². The van der Waals surface area contributed by atoms with Crippen molar-refractivity contribution in [2.24, 2.45) is 0 Å². The third-order valence-electron chi connectivity index (χ3n) is 5.72. The third kappa shape index (κ3) is 5.24. The van der Waals surface area contributed by atoms with Gasteiger partial charge >= 0.3 is 6.18 Å². The highest BCUT2D eigenvalue weighted by Gasteiger charge is 2.34. The molecule has 2 aromatic heterocycles. The highest BCUT2D eigenvalue weighted by atomic mass is 79.9. The van der Waals surface area contributed by atoms with Gasteiger partial charge in [-0.15, -0.1) is 11.3 Å². The fourth-order valence-corrected chi connectivity index (χ4v) is 5.51. The summed E-state index contributed by atoms with van der Waals surface area (Å²) in [5, 5.41) is 7.56. The minimum absolute atomic E-state index is 0.164. The Bertz CT molecular complexity index is 1580. The summed E-state index contributed by atoms with van der Waals surface area (Å²) in [6.45, 7) is -0.0237. The van der Waals surface area contributed by atoms with Gasteiger partial charge < -0.3 is 5.32 Å². The summed E-state index contributed by atoms with van der Waals surface area (Å²) in [6, 6.07) is 15.5. The lowest BCUT2D eigenvalue weighted by Crippen LogP contribution is -2.09. The summed E-state index contributed by atoms with van der Waals surface area (Å²) < 4.78 is 85.8. The first-order valence-corrected chi connectivity index (χ1v) is 12.5. The summed E-state index contributed by atoms with van der Waals surface area (Å²) >= 11 is 4.97. The predicted octanol–water partition coefficient (Wildman–Crippen LogP) is 8.62. The molecule has 0 aliphatic heterocycles. The molecule has 5 aromatic rings. The van der Waals surface area contributed by atoms with Crippen molar-refractivity contribution in [1.82, 2.24) is 9.78 Å². The zero-order valence-corrected chi connectivity index (χ0v) is 21.1. The van der Waals surface area contributed by atoms with E-state index in [-0.39, 0.29) is 16.6 Å². The van der Waals surface area contributed by atoms with E-state index in [2.05, 4.69) is 26.3 Å². The molecule has 3 nitrogen and oxygen atoms in total. The molecule has 0 aliphatic carbocycles. The lowest BCUT2D eigenvalue weighted by Gasteiger charge is -2.12. The number of alkyl halides is 3. The van der Waals surface area contributed by atoms with Crippen LogP contribution in [0.2, 0.25) is 0 Å². The standard InChI is InChI=1S/C26H16BrF6N3S/c27-23-8-7-17(37-23)12-34-16-4-1-3-14(9-16)25-18-5-2-6-20(26(31,32)33)24(18)35-36(25)13-19-21(29)10-15(28)11-22(19)30/h1-11,34H,12-13H2. The molecule has 0 radical (unpaired) electrons. The number of nitrogens with one attached hydrogen (secondary N) is 1. The average molecular weight is 596 g/mol. The molecule has 2 heterocycles. The summed E-state index contributed by atoms with van der Waals surface area (Å²) in [4.78, 5) is 1.06. The molecule has 0 atom stereocenters. The number of aromatic nitrogens is 2. The minimum atomic E-state index is -4.69. The van der Waals surface area contributed by atoms with E-state index in [9.17, 15) is 26.3 Å². The molecular formula is C26H16BrF6N3S. The molecule has 11 heteroatoms. The number of anilines is 1. The van der Waals surface area contributed by atoms with E-state index in [0.717, 1.165) is 19.4 Å². The van der Waals surface area contributed by atoms with Crippen LogP contribution in [-0.2, 0) is 19.3 Å². The van der Waals surface area contributed by atoms with E-state index in [1.54, 1.807) is 35.6 Å². The molecule has 0 fully saturated rings. The van der Waals surface area contributed by atoms with Crippen LogP contribution in [-0.4, -0.2) is 9.78 Å². The largest absolute Gasteiger partial charge is 0.418 e. The Morgan fingerprint density at radius 2 is 1.65 bits per heavy atom. The second-order valence-corrected chi connectivity index (χ2v) is 10.7. The van der Waals surface area contributed by atoms with Crippen LogP contribution in [0.4, 0.5) is 32.0 Å². The van der Waals surface area contributed by atoms with Gasteiger partial charge in [-0.3, -0.25) is 4.68 Å². The Morgan fingerprint density at radius 1 is 0.919 bits per heavy atom. The normalized spacial score (nSPS) is 11.9. The SMILES string of the molecule is Fc1cc(F)c(Cn2nc3c(C(F)(F)F)cccc3c2-c2cccc(NCc3ccc(Br)s3)c2)c(F)c1. The highest BCUT2D eigenvalue weighted by Crippen LogP contribution is 2.39. The fraction of sp³-hybridized carbons (Fsp3) is 0.115. The van der Waals surface area contributed by atoms with E-state index >= 15 is 0 Å². The van der Waals surface area contributed by atoms with Gasteiger partial charge in [0.2, 0.25) is 0 Å². The second kappa shape index (κ2) is 9.86. The molecule has 0 amide bonds. The number of hydrogen-bond acceptors (Lipinski definition) is 3. The zero-order chi connectivity index (χ0) is 26.3. The molecule has 0 bridgehead atoms. The molecule has 0 saturated carbocycles. The average Bonchev–Trinajstić information content (AvgIpc) is 3.42. The molecule has 190 valence electrons. The van der Waals surface area contributed by atoms with Gasteiger partial charge in [0.15, 0.2) is 0 Å². The Labute approximate surface area is 219 Å². The van der Waals surface area contributed by atoms with Crippen molar-refractivity contribution in [3.63, 3.8) is 0 Å². The van der Waals surface area contributed by atoms with Crippen molar-refractivity contribution in [2.75, 3.05) is 5.32 Å². The zero-order valence-electron chi connectivity index (χ0n) is 18.7. The molecule has 5 rings (SSSR count).